The van der Waals surface area contributed by atoms with E-state index in [9.17, 15) is 5.11 Å². The third kappa shape index (κ3) is 1.29. The molecule has 0 aromatic carbocycles. The van der Waals surface area contributed by atoms with E-state index in [0.29, 0.717) is 12.8 Å². The second kappa shape index (κ2) is 2.58. The molecule has 1 saturated carbocycles. The van der Waals surface area contributed by atoms with Crippen LogP contribution in [0.15, 0.2) is 0 Å². The van der Waals surface area contributed by atoms with Crippen LogP contribution >= 0.6 is 0 Å². The van der Waals surface area contributed by atoms with Crippen molar-refractivity contribution in [3.63, 3.8) is 0 Å². The van der Waals surface area contributed by atoms with Gasteiger partial charge in [0, 0.05) is 0 Å². The van der Waals surface area contributed by atoms with Gasteiger partial charge in [0.15, 0.2) is 0 Å². The molecule has 3 nitrogen and oxygen atoms in total. The van der Waals surface area contributed by atoms with Crippen molar-refractivity contribution in [3.8, 4) is 0 Å². The molecule has 1 aliphatic rings. The van der Waals surface area contributed by atoms with Gasteiger partial charge in [0.2, 0.25) is 0 Å². The summed E-state index contributed by atoms with van der Waals surface area (Å²) in [5.41, 5.74) is 4.27. The van der Waals surface area contributed by atoms with Gasteiger partial charge in [-0.1, -0.05) is 19.3 Å². The summed E-state index contributed by atoms with van der Waals surface area (Å²) in [4.78, 5) is 0. The molecule has 1 aliphatic carbocycles. The van der Waals surface area contributed by atoms with Crippen molar-refractivity contribution in [2.45, 2.75) is 37.7 Å². The van der Waals surface area contributed by atoms with Gasteiger partial charge in [-0.3, -0.25) is 5.41 Å². The third-order valence-corrected chi connectivity index (χ3v) is 2.18. The molecule has 0 heterocycles. The first-order valence-electron chi connectivity index (χ1n) is 3.72. The van der Waals surface area contributed by atoms with E-state index in [1.165, 1.54) is 0 Å². The second-order valence-electron chi connectivity index (χ2n) is 3.01. The van der Waals surface area contributed by atoms with Crippen molar-refractivity contribution in [1.82, 2.24) is 0 Å². The van der Waals surface area contributed by atoms with E-state index in [2.05, 4.69) is 0 Å². The maximum Gasteiger partial charge on any atom is 0.123 e. The number of amidine groups is 1. The second-order valence-corrected chi connectivity index (χ2v) is 3.01. The van der Waals surface area contributed by atoms with E-state index >= 15 is 0 Å². The summed E-state index contributed by atoms with van der Waals surface area (Å²) < 4.78 is 0. The molecule has 1 fully saturated rings. The van der Waals surface area contributed by atoms with Crippen LogP contribution in [-0.4, -0.2) is 16.5 Å². The molecule has 0 amide bonds. The van der Waals surface area contributed by atoms with Crippen LogP contribution in [-0.2, 0) is 0 Å². The van der Waals surface area contributed by atoms with Gasteiger partial charge in [-0.15, -0.1) is 0 Å². The monoisotopic (exact) mass is 142 g/mol. The van der Waals surface area contributed by atoms with E-state index in [4.69, 9.17) is 11.1 Å². The maximum atomic E-state index is 9.60. The lowest BCUT2D eigenvalue weighted by Crippen LogP contribution is -2.44. The summed E-state index contributed by atoms with van der Waals surface area (Å²) in [5, 5.41) is 16.7. The average Bonchev–Trinajstić information content (AvgIpc) is 1.89. The van der Waals surface area contributed by atoms with Crippen LogP contribution in [0.5, 0.6) is 0 Å². The van der Waals surface area contributed by atoms with Crippen molar-refractivity contribution < 1.29 is 5.11 Å². The largest absolute Gasteiger partial charge is 0.385 e. The smallest absolute Gasteiger partial charge is 0.123 e. The van der Waals surface area contributed by atoms with Gasteiger partial charge in [-0.25, -0.2) is 0 Å². The molecular weight excluding hydrogens is 128 g/mol. The summed E-state index contributed by atoms with van der Waals surface area (Å²) in [6.07, 6.45) is 4.49. The van der Waals surface area contributed by atoms with Crippen LogP contribution in [0.25, 0.3) is 0 Å². The van der Waals surface area contributed by atoms with Crippen LogP contribution < -0.4 is 5.73 Å². The molecular formula is C7H14N2O. The standard InChI is InChI=1S/C7H14N2O/c8-6(9)7(10)4-2-1-3-5-7/h10H,1-5H2,(H3,8,9). The average molecular weight is 142 g/mol. The zero-order chi connectivity index (χ0) is 7.61. The van der Waals surface area contributed by atoms with Crippen molar-refractivity contribution in [3.05, 3.63) is 0 Å². The highest BCUT2D eigenvalue weighted by atomic mass is 16.3. The number of aliphatic hydroxyl groups is 1. The van der Waals surface area contributed by atoms with Gasteiger partial charge in [0.25, 0.3) is 0 Å². The fourth-order valence-corrected chi connectivity index (χ4v) is 1.41. The molecule has 0 saturated heterocycles. The van der Waals surface area contributed by atoms with E-state index in [1.54, 1.807) is 0 Å². The Labute approximate surface area is 60.7 Å². The fraction of sp³-hybridized carbons (Fsp3) is 0.857. The summed E-state index contributed by atoms with van der Waals surface area (Å²) in [5.74, 6) is -0.0628. The highest BCUT2D eigenvalue weighted by Gasteiger charge is 2.31. The highest BCUT2D eigenvalue weighted by molar-refractivity contribution is 5.85. The lowest BCUT2D eigenvalue weighted by molar-refractivity contribution is 0.0689. The van der Waals surface area contributed by atoms with Crippen LogP contribution in [0, 0.1) is 5.41 Å². The number of hydrogen-bond acceptors (Lipinski definition) is 2. The minimum atomic E-state index is -0.960. The predicted molar refractivity (Wildman–Crippen MR) is 39.9 cm³/mol. The molecule has 0 aliphatic heterocycles. The van der Waals surface area contributed by atoms with Crippen LogP contribution in [0.1, 0.15) is 32.1 Å². The first kappa shape index (κ1) is 7.54. The zero-order valence-electron chi connectivity index (χ0n) is 6.06. The Morgan fingerprint density at radius 2 is 1.80 bits per heavy atom. The van der Waals surface area contributed by atoms with Gasteiger partial charge in [0.05, 0.1) is 0 Å². The first-order valence-corrected chi connectivity index (χ1v) is 3.72. The highest BCUT2D eigenvalue weighted by Crippen LogP contribution is 2.27. The normalized spacial score (nSPS) is 24.1. The van der Waals surface area contributed by atoms with E-state index in [-0.39, 0.29) is 5.84 Å². The Morgan fingerprint density at radius 1 is 1.30 bits per heavy atom. The molecule has 10 heavy (non-hydrogen) atoms. The van der Waals surface area contributed by atoms with Crippen molar-refractivity contribution in [1.29, 1.82) is 5.41 Å². The lowest BCUT2D eigenvalue weighted by atomic mass is 9.84. The molecule has 4 N–H and O–H groups in total. The van der Waals surface area contributed by atoms with Crippen molar-refractivity contribution in [2.24, 2.45) is 5.73 Å². The zero-order valence-corrected chi connectivity index (χ0v) is 6.06. The fourth-order valence-electron chi connectivity index (χ4n) is 1.41. The van der Waals surface area contributed by atoms with E-state index in [1.807, 2.05) is 0 Å². The van der Waals surface area contributed by atoms with E-state index in [0.717, 1.165) is 19.3 Å². The Hall–Kier alpha value is -0.570. The third-order valence-electron chi connectivity index (χ3n) is 2.18. The number of nitrogens with two attached hydrogens (primary N) is 1. The molecule has 0 unspecified atom stereocenters. The maximum absolute atomic E-state index is 9.60. The number of hydrogen-bond donors (Lipinski definition) is 3. The van der Waals surface area contributed by atoms with Gasteiger partial charge < -0.3 is 10.8 Å². The van der Waals surface area contributed by atoms with Crippen molar-refractivity contribution in [2.75, 3.05) is 0 Å². The van der Waals surface area contributed by atoms with E-state index < -0.39 is 5.60 Å². The molecule has 58 valence electrons. The predicted octanol–water partition coefficient (Wildman–Crippen LogP) is 0.618. The lowest BCUT2D eigenvalue weighted by Gasteiger charge is -2.30. The van der Waals surface area contributed by atoms with Gasteiger partial charge in [-0.2, -0.15) is 0 Å². The number of nitrogens with one attached hydrogen (secondary N) is 1. The molecule has 0 radical (unpaired) electrons. The molecule has 1 rings (SSSR count). The first-order chi connectivity index (χ1) is 4.65. The SMILES string of the molecule is N=C(N)C1(O)CCCCC1. The Kier molecular flexibility index (Phi) is 1.94. The molecule has 0 aromatic heterocycles. The summed E-state index contributed by atoms with van der Waals surface area (Å²) >= 11 is 0. The summed E-state index contributed by atoms with van der Waals surface area (Å²) in [6, 6.07) is 0. The quantitative estimate of drug-likeness (QED) is 0.371. The molecule has 0 aromatic rings. The van der Waals surface area contributed by atoms with Gasteiger partial charge in [0.1, 0.15) is 11.4 Å². The Morgan fingerprint density at radius 3 is 2.10 bits per heavy atom. The Balaban J connectivity index is 2.56. The Bertz CT molecular complexity index is 139. The minimum absolute atomic E-state index is 0.0628. The van der Waals surface area contributed by atoms with Crippen LogP contribution in [0.3, 0.4) is 0 Å². The summed E-state index contributed by atoms with van der Waals surface area (Å²) in [7, 11) is 0. The van der Waals surface area contributed by atoms with Crippen LogP contribution in [0.4, 0.5) is 0 Å². The molecule has 0 atom stereocenters. The van der Waals surface area contributed by atoms with Crippen molar-refractivity contribution >= 4 is 5.84 Å². The molecule has 0 bridgehead atoms. The molecule has 0 spiro atoms. The number of rotatable bonds is 1. The topological polar surface area (TPSA) is 70.1 Å². The minimum Gasteiger partial charge on any atom is -0.385 e. The summed E-state index contributed by atoms with van der Waals surface area (Å²) in [6.45, 7) is 0. The van der Waals surface area contributed by atoms with Crippen LogP contribution in [0.2, 0.25) is 0 Å². The van der Waals surface area contributed by atoms with Gasteiger partial charge >= 0.3 is 0 Å². The molecule has 3 heteroatoms. The van der Waals surface area contributed by atoms with Gasteiger partial charge in [-0.05, 0) is 12.8 Å².